The average Bonchev–Trinajstić information content (AvgIpc) is 2.51. The van der Waals surface area contributed by atoms with Gasteiger partial charge in [0.2, 0.25) is 5.95 Å². The molecule has 0 saturated carbocycles. The summed E-state index contributed by atoms with van der Waals surface area (Å²) in [6.07, 6.45) is 3.27. The molecule has 6 heteroatoms. The summed E-state index contributed by atoms with van der Waals surface area (Å²) in [4.78, 5) is 12.3. The van der Waals surface area contributed by atoms with Crippen molar-refractivity contribution in [3.05, 3.63) is 60.2 Å². The van der Waals surface area contributed by atoms with Crippen LogP contribution in [0.2, 0.25) is 0 Å². The molecule has 110 valence electrons. The quantitative estimate of drug-likeness (QED) is 0.775. The summed E-state index contributed by atoms with van der Waals surface area (Å²) in [6, 6.07) is 9.96. The first-order valence-electron chi connectivity index (χ1n) is 6.70. The lowest BCUT2D eigenvalue weighted by Crippen LogP contribution is -2.02. The minimum Gasteiger partial charge on any atom is -0.368 e. The predicted molar refractivity (Wildman–Crippen MR) is 84.1 cm³/mol. The number of anilines is 3. The van der Waals surface area contributed by atoms with Crippen LogP contribution >= 0.6 is 0 Å². The Morgan fingerprint density at radius 1 is 1.00 bits per heavy atom. The maximum atomic E-state index is 13.1. The van der Waals surface area contributed by atoms with E-state index in [1.807, 2.05) is 13.0 Å². The number of benzene rings is 1. The number of nitrogens with one attached hydrogen (secondary N) is 1. The molecule has 0 bridgehead atoms. The first-order chi connectivity index (χ1) is 10.6. The molecule has 0 aliphatic rings. The van der Waals surface area contributed by atoms with Crippen LogP contribution in [0.15, 0.2) is 48.8 Å². The van der Waals surface area contributed by atoms with Crippen LogP contribution in [0, 0.1) is 12.7 Å². The second kappa shape index (κ2) is 5.77. The van der Waals surface area contributed by atoms with Crippen molar-refractivity contribution < 1.29 is 4.39 Å². The van der Waals surface area contributed by atoms with Crippen LogP contribution < -0.4 is 11.1 Å². The summed E-state index contributed by atoms with van der Waals surface area (Å²) in [5.41, 5.74) is 8.40. The monoisotopic (exact) mass is 295 g/mol. The summed E-state index contributed by atoms with van der Waals surface area (Å²) < 4.78 is 13.1. The molecule has 0 aliphatic heterocycles. The Hall–Kier alpha value is -3.02. The van der Waals surface area contributed by atoms with Crippen LogP contribution in [-0.2, 0) is 0 Å². The smallest absolute Gasteiger partial charge is 0.221 e. The average molecular weight is 295 g/mol. The zero-order valence-corrected chi connectivity index (χ0v) is 11.9. The Kier molecular flexibility index (Phi) is 3.65. The van der Waals surface area contributed by atoms with E-state index in [1.165, 1.54) is 12.1 Å². The van der Waals surface area contributed by atoms with Crippen LogP contribution in [0.4, 0.5) is 22.0 Å². The van der Waals surface area contributed by atoms with Gasteiger partial charge >= 0.3 is 0 Å². The van der Waals surface area contributed by atoms with E-state index in [1.54, 1.807) is 30.6 Å². The van der Waals surface area contributed by atoms with Crippen molar-refractivity contribution in [1.82, 2.24) is 15.0 Å². The standard InChI is InChI=1S/C16H14FN5/c1-10-13(11-2-4-12(17)5-3-11)6-8-19-15(10)21-14-7-9-20-16(18)22-14/h2-9H,1H3,(H3,18,19,20,21,22). The van der Waals surface area contributed by atoms with Gasteiger partial charge in [0.1, 0.15) is 17.5 Å². The highest BCUT2D eigenvalue weighted by Gasteiger charge is 2.08. The maximum absolute atomic E-state index is 13.1. The molecule has 3 aromatic rings. The van der Waals surface area contributed by atoms with Gasteiger partial charge in [0.15, 0.2) is 0 Å². The number of rotatable bonds is 3. The second-order valence-electron chi connectivity index (χ2n) is 4.76. The summed E-state index contributed by atoms with van der Waals surface area (Å²) in [5, 5.41) is 3.12. The van der Waals surface area contributed by atoms with Gasteiger partial charge in [-0.25, -0.2) is 14.4 Å². The molecule has 2 aromatic heterocycles. The Bertz CT molecular complexity index is 802. The molecule has 22 heavy (non-hydrogen) atoms. The van der Waals surface area contributed by atoms with Crippen molar-refractivity contribution in [1.29, 1.82) is 0 Å². The van der Waals surface area contributed by atoms with Crippen LogP contribution in [0.1, 0.15) is 5.56 Å². The van der Waals surface area contributed by atoms with Gasteiger partial charge in [0.05, 0.1) is 0 Å². The number of halogens is 1. The number of nitrogens with zero attached hydrogens (tertiary/aromatic N) is 3. The zero-order valence-electron chi connectivity index (χ0n) is 11.9. The second-order valence-corrected chi connectivity index (χ2v) is 4.76. The Balaban J connectivity index is 1.97. The van der Waals surface area contributed by atoms with Gasteiger partial charge in [-0.15, -0.1) is 0 Å². The fourth-order valence-electron chi connectivity index (χ4n) is 2.17. The number of nitrogen functional groups attached to an aromatic ring is 1. The van der Waals surface area contributed by atoms with E-state index in [0.29, 0.717) is 11.6 Å². The van der Waals surface area contributed by atoms with Gasteiger partial charge in [-0.05, 0) is 47.9 Å². The van der Waals surface area contributed by atoms with Gasteiger partial charge in [-0.1, -0.05) is 12.1 Å². The topological polar surface area (TPSA) is 76.7 Å². The van der Waals surface area contributed by atoms with E-state index in [9.17, 15) is 4.39 Å². The van der Waals surface area contributed by atoms with Crippen molar-refractivity contribution >= 4 is 17.6 Å². The van der Waals surface area contributed by atoms with E-state index in [4.69, 9.17) is 5.73 Å². The number of hydrogen-bond acceptors (Lipinski definition) is 5. The third kappa shape index (κ3) is 2.85. The summed E-state index contributed by atoms with van der Waals surface area (Å²) in [6.45, 7) is 1.94. The Morgan fingerprint density at radius 2 is 1.73 bits per heavy atom. The molecule has 3 rings (SSSR count). The van der Waals surface area contributed by atoms with Gasteiger partial charge in [-0.3, -0.25) is 0 Å². The van der Waals surface area contributed by atoms with Gasteiger partial charge in [-0.2, -0.15) is 4.98 Å². The number of nitrogens with two attached hydrogens (primary N) is 1. The van der Waals surface area contributed by atoms with Crippen LogP contribution in [0.25, 0.3) is 11.1 Å². The van der Waals surface area contributed by atoms with Crippen molar-refractivity contribution in [3.63, 3.8) is 0 Å². The van der Waals surface area contributed by atoms with Gasteiger partial charge in [0.25, 0.3) is 0 Å². The lowest BCUT2D eigenvalue weighted by Gasteiger charge is -2.12. The summed E-state index contributed by atoms with van der Waals surface area (Å²) in [5.74, 6) is 1.17. The van der Waals surface area contributed by atoms with Gasteiger partial charge in [0, 0.05) is 12.4 Å². The van der Waals surface area contributed by atoms with Crippen LogP contribution in [-0.4, -0.2) is 15.0 Å². The molecule has 0 unspecified atom stereocenters. The lowest BCUT2D eigenvalue weighted by atomic mass is 10.0. The van der Waals surface area contributed by atoms with E-state index in [0.717, 1.165) is 16.7 Å². The lowest BCUT2D eigenvalue weighted by molar-refractivity contribution is 0.628. The van der Waals surface area contributed by atoms with Crippen LogP contribution in [0.3, 0.4) is 0 Å². The van der Waals surface area contributed by atoms with Crippen molar-refractivity contribution in [3.8, 4) is 11.1 Å². The molecule has 0 radical (unpaired) electrons. The minimum absolute atomic E-state index is 0.192. The van der Waals surface area contributed by atoms with Crippen LogP contribution in [0.5, 0.6) is 0 Å². The van der Waals surface area contributed by atoms with E-state index in [-0.39, 0.29) is 11.8 Å². The minimum atomic E-state index is -0.259. The molecular weight excluding hydrogens is 281 g/mol. The van der Waals surface area contributed by atoms with E-state index in [2.05, 4.69) is 20.3 Å². The number of hydrogen-bond donors (Lipinski definition) is 2. The Labute approximate surface area is 127 Å². The molecule has 3 N–H and O–H groups in total. The third-order valence-electron chi connectivity index (χ3n) is 3.28. The molecule has 0 aliphatic carbocycles. The SMILES string of the molecule is Cc1c(-c2ccc(F)cc2)ccnc1Nc1ccnc(N)n1. The summed E-state index contributed by atoms with van der Waals surface area (Å²) in [7, 11) is 0. The molecule has 0 saturated heterocycles. The van der Waals surface area contributed by atoms with Crippen molar-refractivity contribution in [2.75, 3.05) is 11.1 Å². The third-order valence-corrected chi connectivity index (χ3v) is 3.28. The molecule has 1 aromatic carbocycles. The van der Waals surface area contributed by atoms with E-state index >= 15 is 0 Å². The summed E-state index contributed by atoms with van der Waals surface area (Å²) >= 11 is 0. The molecule has 0 spiro atoms. The highest BCUT2D eigenvalue weighted by atomic mass is 19.1. The number of pyridine rings is 1. The Morgan fingerprint density at radius 3 is 2.45 bits per heavy atom. The molecular formula is C16H14FN5. The highest BCUT2D eigenvalue weighted by Crippen LogP contribution is 2.28. The van der Waals surface area contributed by atoms with Crippen molar-refractivity contribution in [2.24, 2.45) is 0 Å². The molecule has 2 heterocycles. The normalized spacial score (nSPS) is 10.5. The molecule has 0 fully saturated rings. The fourth-order valence-corrected chi connectivity index (χ4v) is 2.17. The number of aromatic nitrogens is 3. The molecule has 0 atom stereocenters. The first kappa shape index (κ1) is 13.9. The van der Waals surface area contributed by atoms with Gasteiger partial charge < -0.3 is 11.1 Å². The fraction of sp³-hybridized carbons (Fsp3) is 0.0625. The predicted octanol–water partition coefficient (Wildman–Crippen LogP) is 3.31. The zero-order chi connectivity index (χ0) is 15.5. The highest BCUT2D eigenvalue weighted by molar-refractivity contribution is 5.73. The van der Waals surface area contributed by atoms with E-state index < -0.39 is 0 Å². The first-order valence-corrected chi connectivity index (χ1v) is 6.70. The molecule has 0 amide bonds. The van der Waals surface area contributed by atoms with Crippen molar-refractivity contribution in [2.45, 2.75) is 6.92 Å². The maximum Gasteiger partial charge on any atom is 0.221 e. The largest absolute Gasteiger partial charge is 0.368 e. The molecule has 5 nitrogen and oxygen atoms in total.